The maximum absolute atomic E-state index is 5.26. The molecule has 0 aromatic heterocycles. The van der Waals surface area contributed by atoms with Gasteiger partial charge in [-0.3, -0.25) is 4.90 Å². The van der Waals surface area contributed by atoms with E-state index in [0.717, 1.165) is 17.6 Å². The highest BCUT2D eigenvalue weighted by molar-refractivity contribution is 9.10. The topological polar surface area (TPSA) is 12.5 Å². The summed E-state index contributed by atoms with van der Waals surface area (Å²) < 4.78 is 6.41. The van der Waals surface area contributed by atoms with Crippen molar-refractivity contribution in [2.45, 2.75) is 25.4 Å². The zero-order valence-corrected chi connectivity index (χ0v) is 11.2. The second kappa shape index (κ2) is 5.80. The first-order chi connectivity index (χ1) is 7.79. The molecule has 3 heteroatoms. The Bertz CT molecular complexity index is 325. The van der Waals surface area contributed by atoms with E-state index in [1.54, 1.807) is 7.11 Å². The van der Waals surface area contributed by atoms with Crippen LogP contribution >= 0.6 is 15.9 Å². The molecule has 1 fully saturated rings. The lowest BCUT2D eigenvalue weighted by atomic mass is 10.2. The fraction of sp³-hybridized carbons (Fsp3) is 0.538. The van der Waals surface area contributed by atoms with Gasteiger partial charge in [0, 0.05) is 24.2 Å². The van der Waals surface area contributed by atoms with Crippen molar-refractivity contribution in [2.24, 2.45) is 0 Å². The van der Waals surface area contributed by atoms with E-state index in [9.17, 15) is 0 Å². The molecule has 0 bridgehead atoms. The molecule has 0 aliphatic carbocycles. The molecule has 0 N–H and O–H groups in total. The summed E-state index contributed by atoms with van der Waals surface area (Å²) in [6.07, 6.45) is 2.56. The molecule has 0 spiro atoms. The molecular weight excluding hydrogens is 266 g/mol. The number of nitrogens with zero attached hydrogens (tertiary/aromatic N) is 1. The first-order valence-corrected chi connectivity index (χ1v) is 6.56. The molecule has 1 aromatic carbocycles. The third-order valence-electron chi connectivity index (χ3n) is 3.16. The average Bonchev–Trinajstić information content (AvgIpc) is 2.70. The van der Waals surface area contributed by atoms with Crippen LogP contribution < -0.4 is 0 Å². The molecule has 1 aromatic rings. The van der Waals surface area contributed by atoms with Gasteiger partial charge in [0.1, 0.15) is 0 Å². The minimum absolute atomic E-state index is 0.605. The van der Waals surface area contributed by atoms with Crippen molar-refractivity contribution in [1.82, 2.24) is 4.90 Å². The van der Waals surface area contributed by atoms with Crippen molar-refractivity contribution < 1.29 is 4.74 Å². The van der Waals surface area contributed by atoms with E-state index in [0.29, 0.717) is 6.04 Å². The Morgan fingerprint density at radius 1 is 1.38 bits per heavy atom. The lowest BCUT2D eigenvalue weighted by molar-refractivity contribution is 0.112. The van der Waals surface area contributed by atoms with Crippen LogP contribution in [0, 0.1) is 0 Å². The van der Waals surface area contributed by atoms with Crippen LogP contribution in [0.5, 0.6) is 0 Å². The molecule has 0 saturated carbocycles. The second-order valence-corrected chi connectivity index (χ2v) is 5.26. The molecular formula is C13H18BrNO. The number of ether oxygens (including phenoxy) is 1. The van der Waals surface area contributed by atoms with Crippen molar-refractivity contribution in [1.29, 1.82) is 0 Å². The van der Waals surface area contributed by atoms with Crippen LogP contribution in [0.25, 0.3) is 0 Å². The quantitative estimate of drug-likeness (QED) is 0.842. The molecule has 1 aliphatic rings. The van der Waals surface area contributed by atoms with Crippen molar-refractivity contribution in [3.05, 3.63) is 34.3 Å². The SMILES string of the molecule is COC[C@H]1CCCN1Cc1ccc(Br)cc1. The van der Waals surface area contributed by atoms with Crippen molar-refractivity contribution in [3.8, 4) is 0 Å². The van der Waals surface area contributed by atoms with Crippen LogP contribution in [0.4, 0.5) is 0 Å². The van der Waals surface area contributed by atoms with Gasteiger partial charge in [-0.25, -0.2) is 0 Å². The number of rotatable bonds is 4. The lowest BCUT2D eigenvalue weighted by Crippen LogP contribution is -2.32. The molecule has 0 amide bonds. The Morgan fingerprint density at radius 3 is 2.81 bits per heavy atom. The Morgan fingerprint density at radius 2 is 2.12 bits per heavy atom. The van der Waals surface area contributed by atoms with Gasteiger partial charge in [-0.05, 0) is 37.1 Å². The number of benzene rings is 1. The highest BCUT2D eigenvalue weighted by Gasteiger charge is 2.23. The molecule has 1 heterocycles. The Hall–Kier alpha value is -0.380. The van der Waals surface area contributed by atoms with Gasteiger partial charge in [0.2, 0.25) is 0 Å². The van der Waals surface area contributed by atoms with E-state index in [1.807, 2.05) is 0 Å². The Kier molecular flexibility index (Phi) is 4.38. The average molecular weight is 284 g/mol. The van der Waals surface area contributed by atoms with Crippen LogP contribution in [0.2, 0.25) is 0 Å². The number of likely N-dealkylation sites (tertiary alicyclic amines) is 1. The van der Waals surface area contributed by atoms with E-state index < -0.39 is 0 Å². The predicted octanol–water partition coefficient (Wildman–Crippen LogP) is 3.06. The summed E-state index contributed by atoms with van der Waals surface area (Å²) in [6.45, 7) is 3.10. The molecule has 0 unspecified atom stereocenters. The highest BCUT2D eigenvalue weighted by atomic mass is 79.9. The van der Waals surface area contributed by atoms with Crippen molar-refractivity contribution in [3.63, 3.8) is 0 Å². The van der Waals surface area contributed by atoms with Gasteiger partial charge in [-0.1, -0.05) is 28.1 Å². The van der Waals surface area contributed by atoms with Crippen LogP contribution in [0.15, 0.2) is 28.7 Å². The molecule has 1 aliphatic heterocycles. The normalized spacial score (nSPS) is 21.5. The molecule has 88 valence electrons. The number of hydrogen-bond acceptors (Lipinski definition) is 2. The van der Waals surface area contributed by atoms with E-state index in [2.05, 4.69) is 45.1 Å². The van der Waals surface area contributed by atoms with E-state index in [-0.39, 0.29) is 0 Å². The minimum Gasteiger partial charge on any atom is -0.383 e. The van der Waals surface area contributed by atoms with Crippen LogP contribution in [0.3, 0.4) is 0 Å². The third-order valence-corrected chi connectivity index (χ3v) is 3.69. The first kappa shape index (κ1) is 12.1. The van der Waals surface area contributed by atoms with Crippen LogP contribution in [-0.2, 0) is 11.3 Å². The smallest absolute Gasteiger partial charge is 0.0618 e. The molecule has 16 heavy (non-hydrogen) atoms. The van der Waals surface area contributed by atoms with Crippen molar-refractivity contribution >= 4 is 15.9 Å². The summed E-state index contributed by atoms with van der Waals surface area (Å²) in [7, 11) is 1.79. The van der Waals surface area contributed by atoms with Crippen LogP contribution in [0.1, 0.15) is 18.4 Å². The summed E-state index contributed by atoms with van der Waals surface area (Å²) in [5.41, 5.74) is 1.38. The Labute approximate surface area is 106 Å². The van der Waals surface area contributed by atoms with E-state index >= 15 is 0 Å². The number of halogens is 1. The summed E-state index contributed by atoms with van der Waals surface area (Å²) in [5.74, 6) is 0. The fourth-order valence-electron chi connectivity index (χ4n) is 2.31. The maximum Gasteiger partial charge on any atom is 0.0618 e. The summed E-state index contributed by atoms with van der Waals surface area (Å²) in [6, 6.07) is 9.19. The molecule has 0 radical (unpaired) electrons. The molecule has 1 atom stereocenters. The van der Waals surface area contributed by atoms with Gasteiger partial charge in [-0.2, -0.15) is 0 Å². The number of methoxy groups -OCH3 is 1. The molecule has 2 nitrogen and oxygen atoms in total. The van der Waals surface area contributed by atoms with Gasteiger partial charge in [0.25, 0.3) is 0 Å². The van der Waals surface area contributed by atoms with E-state index in [1.165, 1.54) is 24.9 Å². The van der Waals surface area contributed by atoms with Gasteiger partial charge < -0.3 is 4.74 Å². The summed E-state index contributed by atoms with van der Waals surface area (Å²) in [4.78, 5) is 2.52. The lowest BCUT2D eigenvalue weighted by Gasteiger charge is -2.23. The van der Waals surface area contributed by atoms with Crippen LogP contribution in [-0.4, -0.2) is 31.2 Å². The van der Waals surface area contributed by atoms with Gasteiger partial charge in [0.05, 0.1) is 6.61 Å². The zero-order valence-electron chi connectivity index (χ0n) is 9.66. The largest absolute Gasteiger partial charge is 0.383 e. The Balaban J connectivity index is 1.95. The van der Waals surface area contributed by atoms with Gasteiger partial charge >= 0.3 is 0 Å². The highest BCUT2D eigenvalue weighted by Crippen LogP contribution is 2.21. The first-order valence-electron chi connectivity index (χ1n) is 5.77. The summed E-state index contributed by atoms with van der Waals surface area (Å²) in [5, 5.41) is 0. The minimum atomic E-state index is 0.605. The number of hydrogen-bond donors (Lipinski definition) is 0. The van der Waals surface area contributed by atoms with Gasteiger partial charge in [-0.15, -0.1) is 0 Å². The summed E-state index contributed by atoms with van der Waals surface area (Å²) >= 11 is 3.46. The standard InChI is InChI=1S/C13H18BrNO/c1-16-10-13-3-2-8-15(13)9-11-4-6-12(14)7-5-11/h4-7,13H,2-3,8-10H2,1H3/t13-/m1/s1. The van der Waals surface area contributed by atoms with Gasteiger partial charge in [0.15, 0.2) is 0 Å². The third kappa shape index (κ3) is 3.06. The fourth-order valence-corrected chi connectivity index (χ4v) is 2.57. The maximum atomic E-state index is 5.26. The zero-order chi connectivity index (χ0) is 11.4. The predicted molar refractivity (Wildman–Crippen MR) is 69.5 cm³/mol. The second-order valence-electron chi connectivity index (χ2n) is 4.35. The van der Waals surface area contributed by atoms with Crippen molar-refractivity contribution in [2.75, 3.05) is 20.3 Å². The molecule has 2 rings (SSSR count). The molecule has 1 saturated heterocycles. The van der Waals surface area contributed by atoms with E-state index in [4.69, 9.17) is 4.74 Å². The monoisotopic (exact) mass is 283 g/mol.